The van der Waals surface area contributed by atoms with E-state index in [1.807, 2.05) is 0 Å². The third kappa shape index (κ3) is 4.57. The number of fused-ring (bicyclic) bond motifs is 1. The van der Waals surface area contributed by atoms with Crippen molar-refractivity contribution in [2.75, 3.05) is 13.1 Å². The van der Waals surface area contributed by atoms with Crippen molar-refractivity contribution >= 4 is 16.9 Å². The van der Waals surface area contributed by atoms with E-state index in [-0.39, 0.29) is 17.3 Å². The average molecular weight is 375 g/mol. The number of aromatic nitrogens is 2. The van der Waals surface area contributed by atoms with Gasteiger partial charge in [-0.05, 0) is 31.5 Å². The van der Waals surface area contributed by atoms with Crippen LogP contribution in [0.15, 0.2) is 23.0 Å². The molecule has 0 bridgehead atoms. The van der Waals surface area contributed by atoms with E-state index in [2.05, 4.69) is 10.3 Å². The molecule has 1 atom stereocenters. The summed E-state index contributed by atoms with van der Waals surface area (Å²) >= 11 is 0. The van der Waals surface area contributed by atoms with Gasteiger partial charge in [-0.25, -0.2) is 14.2 Å². The highest BCUT2D eigenvalue weighted by Gasteiger charge is 2.38. The van der Waals surface area contributed by atoms with Crippen molar-refractivity contribution in [3.8, 4) is 0 Å². The molecule has 1 aliphatic rings. The molecule has 6 nitrogen and oxygen atoms in total. The Morgan fingerprint density at radius 3 is 2.58 bits per heavy atom. The van der Waals surface area contributed by atoms with Gasteiger partial charge in [0.15, 0.2) is 0 Å². The Balaban J connectivity index is 0.000000298. The van der Waals surface area contributed by atoms with Gasteiger partial charge >= 0.3 is 12.1 Å². The molecule has 0 unspecified atom stereocenters. The first-order valence-corrected chi connectivity index (χ1v) is 7.78. The SMILES string of the molecule is Cn1c([C@@H]2CCCNC2)nc2cc(F)ccc2c1=O.O=C(O)C(F)(F)F. The number of alkyl halides is 3. The van der Waals surface area contributed by atoms with Gasteiger partial charge in [-0.1, -0.05) is 0 Å². The highest BCUT2D eigenvalue weighted by molar-refractivity contribution is 5.77. The van der Waals surface area contributed by atoms with Gasteiger partial charge in [0.2, 0.25) is 0 Å². The van der Waals surface area contributed by atoms with Gasteiger partial charge in [-0.2, -0.15) is 13.2 Å². The standard InChI is InChI=1S/C14H16FN3O.C2HF3O2/c1-18-13(9-3-2-6-16-8-9)17-12-7-10(15)4-5-11(12)14(18)19;3-2(4,5)1(6)7/h4-5,7,9,16H,2-3,6,8H2,1H3;(H,6,7)/t9-;/m1./s1. The molecule has 0 radical (unpaired) electrons. The summed E-state index contributed by atoms with van der Waals surface area (Å²) in [5.74, 6) is -2.15. The Labute approximate surface area is 145 Å². The molecule has 0 amide bonds. The summed E-state index contributed by atoms with van der Waals surface area (Å²) < 4.78 is 46.6. The normalized spacial score (nSPS) is 17.5. The van der Waals surface area contributed by atoms with E-state index in [4.69, 9.17) is 9.90 Å². The Bertz CT molecular complexity index is 858. The lowest BCUT2D eigenvalue weighted by Crippen LogP contribution is -2.33. The van der Waals surface area contributed by atoms with Gasteiger partial charge in [0.25, 0.3) is 5.56 Å². The highest BCUT2D eigenvalue weighted by Crippen LogP contribution is 2.22. The smallest absolute Gasteiger partial charge is 0.475 e. The number of piperidine rings is 1. The fourth-order valence-electron chi connectivity index (χ4n) is 2.70. The fourth-order valence-corrected chi connectivity index (χ4v) is 2.70. The van der Waals surface area contributed by atoms with Gasteiger partial charge in [0, 0.05) is 25.6 Å². The van der Waals surface area contributed by atoms with Crippen LogP contribution in [0.5, 0.6) is 0 Å². The number of nitrogens with zero attached hydrogens (tertiary/aromatic N) is 2. The number of benzene rings is 1. The Kier molecular flexibility index (Phi) is 5.96. The minimum absolute atomic E-state index is 0.106. The molecule has 0 saturated carbocycles. The summed E-state index contributed by atoms with van der Waals surface area (Å²) in [4.78, 5) is 25.7. The largest absolute Gasteiger partial charge is 0.490 e. The minimum Gasteiger partial charge on any atom is -0.475 e. The van der Waals surface area contributed by atoms with E-state index < -0.39 is 12.1 Å². The molecule has 1 aliphatic heterocycles. The van der Waals surface area contributed by atoms with Crippen LogP contribution >= 0.6 is 0 Å². The van der Waals surface area contributed by atoms with E-state index >= 15 is 0 Å². The third-order valence-electron chi connectivity index (χ3n) is 3.98. The number of carboxylic acid groups (broad SMARTS) is 1. The lowest BCUT2D eigenvalue weighted by Gasteiger charge is -2.24. The van der Waals surface area contributed by atoms with Gasteiger partial charge in [0.1, 0.15) is 11.6 Å². The lowest BCUT2D eigenvalue weighted by atomic mass is 9.98. The number of nitrogens with one attached hydrogen (secondary N) is 1. The molecule has 0 aliphatic carbocycles. The molecule has 2 N–H and O–H groups in total. The van der Waals surface area contributed by atoms with Crippen LogP contribution in [-0.2, 0) is 11.8 Å². The van der Waals surface area contributed by atoms with E-state index in [1.54, 1.807) is 11.6 Å². The van der Waals surface area contributed by atoms with E-state index in [0.717, 1.165) is 31.8 Å². The molecule has 2 heterocycles. The molecule has 0 spiro atoms. The maximum absolute atomic E-state index is 13.3. The summed E-state index contributed by atoms with van der Waals surface area (Å²) in [6.45, 7) is 1.83. The van der Waals surface area contributed by atoms with Crippen molar-refractivity contribution in [1.29, 1.82) is 0 Å². The predicted octanol–water partition coefficient (Wildman–Crippen LogP) is 2.17. The summed E-state index contributed by atoms with van der Waals surface area (Å²) in [6.07, 6.45) is -3.00. The maximum Gasteiger partial charge on any atom is 0.490 e. The molecular weight excluding hydrogens is 358 g/mol. The second kappa shape index (κ2) is 7.81. The van der Waals surface area contributed by atoms with Gasteiger partial charge in [-0.15, -0.1) is 0 Å². The number of carboxylic acids is 1. The van der Waals surface area contributed by atoms with Gasteiger partial charge in [-0.3, -0.25) is 9.36 Å². The summed E-state index contributed by atoms with van der Waals surface area (Å²) in [7, 11) is 1.74. The van der Waals surface area contributed by atoms with Crippen LogP contribution in [-0.4, -0.2) is 39.9 Å². The van der Waals surface area contributed by atoms with Crippen LogP contribution in [0.3, 0.4) is 0 Å². The zero-order valence-corrected chi connectivity index (χ0v) is 13.8. The first-order chi connectivity index (χ1) is 12.1. The number of aliphatic carboxylic acids is 1. The summed E-state index contributed by atoms with van der Waals surface area (Å²) in [5.41, 5.74) is 0.342. The van der Waals surface area contributed by atoms with Crippen molar-refractivity contribution in [2.45, 2.75) is 24.9 Å². The highest BCUT2D eigenvalue weighted by atomic mass is 19.4. The molecule has 10 heteroatoms. The monoisotopic (exact) mass is 375 g/mol. The molecular formula is C16H17F4N3O3. The quantitative estimate of drug-likeness (QED) is 0.747. The van der Waals surface area contributed by atoms with Crippen LogP contribution in [0.1, 0.15) is 24.6 Å². The van der Waals surface area contributed by atoms with Crippen molar-refractivity contribution in [3.05, 3.63) is 40.2 Å². The average Bonchev–Trinajstić information content (AvgIpc) is 2.58. The van der Waals surface area contributed by atoms with E-state index in [9.17, 15) is 22.4 Å². The summed E-state index contributed by atoms with van der Waals surface area (Å²) in [5, 5.41) is 10.9. The Hall–Kier alpha value is -2.49. The number of rotatable bonds is 1. The van der Waals surface area contributed by atoms with Crippen LogP contribution in [0.25, 0.3) is 10.9 Å². The predicted molar refractivity (Wildman–Crippen MR) is 85.5 cm³/mol. The number of halogens is 4. The first-order valence-electron chi connectivity index (χ1n) is 7.78. The van der Waals surface area contributed by atoms with Crippen LogP contribution in [0.4, 0.5) is 17.6 Å². The Morgan fingerprint density at radius 2 is 2.04 bits per heavy atom. The zero-order chi connectivity index (χ0) is 19.5. The second-order valence-electron chi connectivity index (χ2n) is 5.84. The van der Waals surface area contributed by atoms with Gasteiger partial charge < -0.3 is 10.4 Å². The fraction of sp³-hybridized carbons (Fsp3) is 0.438. The van der Waals surface area contributed by atoms with Crippen molar-refractivity contribution in [3.63, 3.8) is 0 Å². The van der Waals surface area contributed by atoms with E-state index in [1.165, 1.54) is 18.2 Å². The number of hydrogen-bond donors (Lipinski definition) is 2. The molecule has 1 saturated heterocycles. The van der Waals surface area contributed by atoms with Crippen molar-refractivity contribution in [1.82, 2.24) is 14.9 Å². The molecule has 142 valence electrons. The van der Waals surface area contributed by atoms with E-state index in [0.29, 0.717) is 10.9 Å². The molecule has 1 fully saturated rings. The third-order valence-corrected chi connectivity index (χ3v) is 3.98. The molecule has 2 aromatic rings. The van der Waals surface area contributed by atoms with Crippen LogP contribution in [0.2, 0.25) is 0 Å². The minimum atomic E-state index is -5.08. The van der Waals surface area contributed by atoms with Crippen LogP contribution < -0.4 is 10.9 Å². The number of hydrogen-bond acceptors (Lipinski definition) is 4. The topological polar surface area (TPSA) is 84.2 Å². The van der Waals surface area contributed by atoms with Crippen LogP contribution in [0, 0.1) is 5.82 Å². The first kappa shape index (κ1) is 19.8. The maximum atomic E-state index is 13.3. The lowest BCUT2D eigenvalue weighted by molar-refractivity contribution is -0.192. The zero-order valence-electron chi connectivity index (χ0n) is 13.8. The Morgan fingerprint density at radius 1 is 1.38 bits per heavy atom. The molecule has 3 rings (SSSR count). The van der Waals surface area contributed by atoms with Crippen molar-refractivity contribution < 1.29 is 27.5 Å². The number of carbonyl (C=O) groups is 1. The summed E-state index contributed by atoms with van der Waals surface area (Å²) in [6, 6.07) is 4.13. The van der Waals surface area contributed by atoms with Crippen molar-refractivity contribution in [2.24, 2.45) is 7.05 Å². The van der Waals surface area contributed by atoms with Gasteiger partial charge in [0.05, 0.1) is 10.9 Å². The molecule has 1 aromatic carbocycles. The molecule has 26 heavy (non-hydrogen) atoms. The molecule has 1 aromatic heterocycles. The second-order valence-corrected chi connectivity index (χ2v) is 5.84.